The number of fused-ring (bicyclic) bond motifs is 1. The highest BCUT2D eigenvalue weighted by Gasteiger charge is 2.48. The van der Waals surface area contributed by atoms with Gasteiger partial charge in [-0.1, -0.05) is 37.3 Å². The Kier molecular flexibility index (Phi) is 4.10. The molecule has 2 aromatic rings. The van der Waals surface area contributed by atoms with Crippen molar-refractivity contribution in [3.8, 4) is 0 Å². The van der Waals surface area contributed by atoms with E-state index >= 15 is 0 Å². The summed E-state index contributed by atoms with van der Waals surface area (Å²) in [6.45, 7) is 2.78. The number of rotatable bonds is 4. The van der Waals surface area contributed by atoms with E-state index < -0.39 is 0 Å². The molecule has 2 aromatic carbocycles. The van der Waals surface area contributed by atoms with Crippen LogP contribution in [-0.2, 0) is 12.0 Å². The minimum Gasteiger partial charge on any atom is -0.324 e. The van der Waals surface area contributed by atoms with Gasteiger partial charge in [-0.05, 0) is 48.1 Å². The number of amidine groups is 1. The Balaban J connectivity index is 1.70. The standard InChI is InChI=1S/C22H24N4O/c1-15-11-22(12-15,21(24)25(2)14-23)17-7-5-8-18(10-17)26-13-16-6-3-4-9-19(16)20(26)27/h3-10,14-15,23-24H,11-13H2,1-2H3. The van der Waals surface area contributed by atoms with Crippen LogP contribution in [0.25, 0.3) is 0 Å². The number of benzene rings is 2. The fourth-order valence-corrected chi connectivity index (χ4v) is 4.53. The van der Waals surface area contributed by atoms with Gasteiger partial charge < -0.3 is 9.80 Å². The summed E-state index contributed by atoms with van der Waals surface area (Å²) in [5, 5.41) is 16.2. The smallest absolute Gasteiger partial charge is 0.258 e. The van der Waals surface area contributed by atoms with Crippen molar-refractivity contribution >= 4 is 23.8 Å². The first-order valence-corrected chi connectivity index (χ1v) is 9.29. The second-order valence-corrected chi connectivity index (χ2v) is 7.78. The molecule has 2 aliphatic rings. The van der Waals surface area contributed by atoms with Gasteiger partial charge in [0.1, 0.15) is 5.84 Å². The lowest BCUT2D eigenvalue weighted by atomic mass is 9.58. The first kappa shape index (κ1) is 17.5. The molecule has 1 aliphatic heterocycles. The molecule has 0 aromatic heterocycles. The third-order valence-electron chi connectivity index (χ3n) is 5.93. The van der Waals surface area contributed by atoms with Crippen LogP contribution in [0.4, 0.5) is 5.69 Å². The van der Waals surface area contributed by atoms with Crippen molar-refractivity contribution in [2.24, 2.45) is 5.92 Å². The third kappa shape index (κ3) is 2.65. The zero-order chi connectivity index (χ0) is 19.2. The predicted molar refractivity (Wildman–Crippen MR) is 108 cm³/mol. The van der Waals surface area contributed by atoms with Gasteiger partial charge in [0.25, 0.3) is 5.91 Å². The minimum atomic E-state index is -0.378. The van der Waals surface area contributed by atoms with E-state index in [1.807, 2.05) is 41.3 Å². The zero-order valence-corrected chi connectivity index (χ0v) is 15.7. The van der Waals surface area contributed by atoms with Gasteiger partial charge in [0.15, 0.2) is 0 Å². The van der Waals surface area contributed by atoms with Crippen molar-refractivity contribution in [2.45, 2.75) is 31.7 Å². The number of carbonyl (C=O) groups is 1. The Hall–Kier alpha value is -2.95. The average molecular weight is 360 g/mol. The molecule has 1 heterocycles. The molecule has 0 unspecified atom stereocenters. The predicted octanol–water partition coefficient (Wildman–Crippen LogP) is 4.03. The molecule has 0 saturated heterocycles. The summed E-state index contributed by atoms with van der Waals surface area (Å²) < 4.78 is 0. The van der Waals surface area contributed by atoms with Crippen LogP contribution < -0.4 is 4.90 Å². The Morgan fingerprint density at radius 3 is 2.63 bits per heavy atom. The first-order valence-electron chi connectivity index (χ1n) is 9.29. The molecule has 0 atom stereocenters. The highest BCUT2D eigenvalue weighted by molar-refractivity contribution is 6.10. The number of nitrogens with zero attached hydrogens (tertiary/aromatic N) is 2. The van der Waals surface area contributed by atoms with E-state index in [4.69, 9.17) is 10.8 Å². The fourth-order valence-electron chi connectivity index (χ4n) is 4.53. The highest BCUT2D eigenvalue weighted by atomic mass is 16.2. The van der Waals surface area contributed by atoms with Crippen molar-refractivity contribution in [3.05, 3.63) is 65.2 Å². The van der Waals surface area contributed by atoms with E-state index in [-0.39, 0.29) is 11.3 Å². The Bertz CT molecular complexity index is 929. The van der Waals surface area contributed by atoms with Gasteiger partial charge in [-0.3, -0.25) is 15.6 Å². The molecule has 4 rings (SSSR count). The molecule has 5 nitrogen and oxygen atoms in total. The molecule has 1 fully saturated rings. The van der Waals surface area contributed by atoms with E-state index in [9.17, 15) is 4.79 Å². The summed E-state index contributed by atoms with van der Waals surface area (Å²) >= 11 is 0. The van der Waals surface area contributed by atoms with Crippen molar-refractivity contribution in [1.82, 2.24) is 4.90 Å². The maximum Gasteiger partial charge on any atom is 0.258 e. The van der Waals surface area contributed by atoms with Crippen LogP contribution in [0.1, 0.15) is 41.3 Å². The van der Waals surface area contributed by atoms with Crippen molar-refractivity contribution in [1.29, 1.82) is 10.8 Å². The second-order valence-electron chi connectivity index (χ2n) is 7.78. The molecule has 1 saturated carbocycles. The lowest BCUT2D eigenvalue weighted by molar-refractivity contribution is 0.0996. The van der Waals surface area contributed by atoms with E-state index in [0.29, 0.717) is 18.3 Å². The number of anilines is 1. The number of carbonyl (C=O) groups excluding carboxylic acids is 1. The summed E-state index contributed by atoms with van der Waals surface area (Å²) in [5.74, 6) is 1.03. The van der Waals surface area contributed by atoms with Crippen molar-refractivity contribution < 1.29 is 4.79 Å². The minimum absolute atomic E-state index is 0.0328. The highest BCUT2D eigenvalue weighted by Crippen LogP contribution is 2.49. The molecule has 0 radical (unpaired) electrons. The van der Waals surface area contributed by atoms with Crippen LogP contribution in [0.15, 0.2) is 48.5 Å². The van der Waals surface area contributed by atoms with Crippen molar-refractivity contribution in [2.75, 3.05) is 11.9 Å². The summed E-state index contributed by atoms with van der Waals surface area (Å²) in [6.07, 6.45) is 2.97. The Morgan fingerprint density at radius 2 is 1.96 bits per heavy atom. The maximum atomic E-state index is 12.8. The summed E-state index contributed by atoms with van der Waals surface area (Å²) in [7, 11) is 1.75. The third-order valence-corrected chi connectivity index (χ3v) is 5.93. The van der Waals surface area contributed by atoms with Crippen LogP contribution in [0.2, 0.25) is 0 Å². The normalized spacial score (nSPS) is 23.6. The van der Waals surface area contributed by atoms with E-state index in [1.165, 1.54) is 6.34 Å². The quantitative estimate of drug-likeness (QED) is 0.638. The number of nitrogens with one attached hydrogen (secondary N) is 2. The largest absolute Gasteiger partial charge is 0.324 e. The number of amides is 1. The van der Waals surface area contributed by atoms with Gasteiger partial charge in [0.05, 0.1) is 18.3 Å². The van der Waals surface area contributed by atoms with Gasteiger partial charge in [-0.25, -0.2) is 0 Å². The van der Waals surface area contributed by atoms with Gasteiger partial charge in [0, 0.05) is 18.3 Å². The van der Waals surface area contributed by atoms with Crippen molar-refractivity contribution in [3.63, 3.8) is 0 Å². The zero-order valence-electron chi connectivity index (χ0n) is 15.7. The first-order chi connectivity index (χ1) is 13.0. The van der Waals surface area contributed by atoms with Gasteiger partial charge in [0.2, 0.25) is 0 Å². The van der Waals surface area contributed by atoms with Gasteiger partial charge in [-0.15, -0.1) is 0 Å². The van der Waals surface area contributed by atoms with Crippen LogP contribution >= 0.6 is 0 Å². The van der Waals surface area contributed by atoms with Gasteiger partial charge in [-0.2, -0.15) is 0 Å². The van der Waals surface area contributed by atoms with Crippen LogP contribution in [0.3, 0.4) is 0 Å². The van der Waals surface area contributed by atoms with E-state index in [1.54, 1.807) is 11.9 Å². The lowest BCUT2D eigenvalue weighted by Gasteiger charge is -2.48. The summed E-state index contributed by atoms with van der Waals surface area (Å²) in [5.41, 5.74) is 3.37. The topological polar surface area (TPSA) is 71.2 Å². The molecular formula is C22H24N4O. The van der Waals surface area contributed by atoms with Crippen LogP contribution in [0, 0.1) is 16.7 Å². The molecule has 27 heavy (non-hydrogen) atoms. The number of hydrogen-bond acceptors (Lipinski definition) is 3. The van der Waals surface area contributed by atoms with E-state index in [2.05, 4.69) is 19.1 Å². The monoisotopic (exact) mass is 360 g/mol. The molecule has 0 bridgehead atoms. The SMILES string of the molecule is CC1CC(C(=N)N(C)C=N)(c2cccc(N3Cc4ccccc4C3=O)c2)C1. The Morgan fingerprint density at radius 1 is 1.22 bits per heavy atom. The maximum absolute atomic E-state index is 12.8. The lowest BCUT2D eigenvalue weighted by Crippen LogP contribution is -2.52. The molecule has 5 heteroatoms. The average Bonchev–Trinajstić information content (AvgIpc) is 3.01. The Labute approximate surface area is 159 Å². The van der Waals surface area contributed by atoms with Gasteiger partial charge >= 0.3 is 0 Å². The molecule has 0 spiro atoms. The molecule has 2 N–H and O–H groups in total. The molecule has 138 valence electrons. The summed E-state index contributed by atoms with van der Waals surface area (Å²) in [6, 6.07) is 15.8. The number of hydrogen-bond donors (Lipinski definition) is 2. The van der Waals surface area contributed by atoms with Crippen LogP contribution in [0.5, 0.6) is 0 Å². The van der Waals surface area contributed by atoms with Crippen LogP contribution in [-0.4, -0.2) is 30.0 Å². The molecule has 1 amide bonds. The molecule has 1 aliphatic carbocycles. The van der Waals surface area contributed by atoms with E-state index in [0.717, 1.165) is 35.2 Å². The second kappa shape index (κ2) is 6.34. The fraction of sp³-hybridized carbons (Fsp3) is 0.318. The summed E-state index contributed by atoms with van der Waals surface area (Å²) in [4.78, 5) is 16.2. The number of likely N-dealkylation sites (N-methyl/N-ethyl adjacent to an activating group) is 1. The molecular weight excluding hydrogens is 336 g/mol.